The maximum absolute atomic E-state index is 13.3. The topological polar surface area (TPSA) is 70.7 Å². The standard InChI is InChI=1S/C31H34N4O3/c1-2-3-4-5-16-38-26-10-6-22(7-11-26)30-32-28-13-9-25(20-29(28)33-30)35-21-23-19-24(8-12-27(23)31(35)36)34-14-17-37-18-15-34/h6-13,19-20H,2-5,14-18,21H2,1H3,(H,32,33). The van der Waals surface area contributed by atoms with E-state index in [4.69, 9.17) is 14.5 Å². The summed E-state index contributed by atoms with van der Waals surface area (Å²) in [6.45, 7) is 6.77. The number of hydrogen-bond donors (Lipinski definition) is 1. The van der Waals surface area contributed by atoms with Gasteiger partial charge in [-0.2, -0.15) is 0 Å². The highest BCUT2D eigenvalue weighted by molar-refractivity contribution is 6.10. The van der Waals surface area contributed by atoms with Gasteiger partial charge in [0.05, 0.1) is 37.4 Å². The smallest absolute Gasteiger partial charge is 0.258 e. The molecule has 2 aliphatic heterocycles. The van der Waals surface area contributed by atoms with Crippen LogP contribution in [0.15, 0.2) is 60.7 Å². The summed E-state index contributed by atoms with van der Waals surface area (Å²) in [4.78, 5) is 25.7. The largest absolute Gasteiger partial charge is 0.494 e. The normalized spacial score (nSPS) is 15.3. The number of aromatic nitrogens is 2. The molecule has 0 aliphatic carbocycles. The molecule has 1 N–H and O–H groups in total. The van der Waals surface area contributed by atoms with Crippen LogP contribution in [-0.2, 0) is 11.3 Å². The molecule has 0 unspecified atom stereocenters. The van der Waals surface area contributed by atoms with Gasteiger partial charge in [0.1, 0.15) is 11.6 Å². The van der Waals surface area contributed by atoms with Gasteiger partial charge in [-0.05, 0) is 72.6 Å². The number of hydrogen-bond acceptors (Lipinski definition) is 5. The Balaban J connectivity index is 1.16. The number of rotatable bonds is 9. The molecular formula is C31H34N4O3. The Morgan fingerprint density at radius 1 is 0.947 bits per heavy atom. The van der Waals surface area contributed by atoms with Crippen LogP contribution < -0.4 is 14.5 Å². The molecule has 7 nitrogen and oxygen atoms in total. The molecule has 38 heavy (non-hydrogen) atoms. The van der Waals surface area contributed by atoms with Crippen LogP contribution in [0.4, 0.5) is 11.4 Å². The SMILES string of the molecule is CCCCCCOc1ccc(-c2nc3cc(N4Cc5cc(N6CCOCC6)ccc5C4=O)ccc3[nH]2)cc1. The molecule has 3 aromatic carbocycles. The number of morpholine rings is 1. The average Bonchev–Trinajstić information content (AvgIpc) is 3.54. The molecule has 4 aromatic rings. The van der Waals surface area contributed by atoms with Gasteiger partial charge in [-0.1, -0.05) is 26.2 Å². The summed E-state index contributed by atoms with van der Waals surface area (Å²) in [5.74, 6) is 1.72. The van der Waals surface area contributed by atoms with Crippen molar-refractivity contribution in [2.75, 3.05) is 42.7 Å². The van der Waals surface area contributed by atoms with E-state index < -0.39 is 0 Å². The van der Waals surface area contributed by atoms with Crippen LogP contribution in [0.25, 0.3) is 22.4 Å². The van der Waals surface area contributed by atoms with E-state index in [0.717, 1.165) is 90.0 Å². The number of unbranched alkanes of at least 4 members (excludes halogenated alkanes) is 3. The highest BCUT2D eigenvalue weighted by Gasteiger charge is 2.29. The zero-order valence-electron chi connectivity index (χ0n) is 21.9. The van der Waals surface area contributed by atoms with Crippen LogP contribution in [0.5, 0.6) is 5.75 Å². The molecular weight excluding hydrogens is 476 g/mol. The second-order valence-electron chi connectivity index (χ2n) is 10.1. The van der Waals surface area contributed by atoms with Gasteiger partial charge in [0, 0.05) is 35.6 Å². The number of imidazole rings is 1. The molecule has 0 radical (unpaired) electrons. The molecule has 2 aliphatic rings. The van der Waals surface area contributed by atoms with Crippen LogP contribution in [0.2, 0.25) is 0 Å². The molecule has 1 fully saturated rings. The Morgan fingerprint density at radius 3 is 2.58 bits per heavy atom. The van der Waals surface area contributed by atoms with Crippen molar-refractivity contribution in [2.24, 2.45) is 0 Å². The molecule has 1 saturated heterocycles. The fourth-order valence-corrected chi connectivity index (χ4v) is 5.26. The molecule has 0 spiro atoms. The Labute approximate surface area is 223 Å². The van der Waals surface area contributed by atoms with Crippen molar-refractivity contribution in [3.8, 4) is 17.1 Å². The zero-order chi connectivity index (χ0) is 25.9. The van der Waals surface area contributed by atoms with E-state index in [1.807, 2.05) is 53.4 Å². The van der Waals surface area contributed by atoms with Crippen LogP contribution in [0.3, 0.4) is 0 Å². The van der Waals surface area contributed by atoms with Crippen LogP contribution in [0, 0.1) is 0 Å². The predicted molar refractivity (Wildman–Crippen MR) is 151 cm³/mol. The summed E-state index contributed by atoms with van der Waals surface area (Å²) in [5.41, 5.74) is 6.64. The number of carbonyl (C=O) groups is 1. The lowest BCUT2D eigenvalue weighted by atomic mass is 10.1. The number of nitrogens with one attached hydrogen (secondary N) is 1. The van der Waals surface area contributed by atoms with E-state index in [9.17, 15) is 4.79 Å². The fourth-order valence-electron chi connectivity index (χ4n) is 5.26. The summed E-state index contributed by atoms with van der Waals surface area (Å²) in [7, 11) is 0. The van der Waals surface area contributed by atoms with Crippen LogP contribution in [-0.4, -0.2) is 48.8 Å². The molecule has 0 bridgehead atoms. The first kappa shape index (κ1) is 24.5. The van der Waals surface area contributed by atoms with Crippen LogP contribution >= 0.6 is 0 Å². The van der Waals surface area contributed by atoms with E-state index in [-0.39, 0.29) is 5.91 Å². The lowest BCUT2D eigenvalue weighted by Gasteiger charge is -2.29. The van der Waals surface area contributed by atoms with Crippen molar-refractivity contribution in [3.05, 3.63) is 71.8 Å². The Kier molecular flexibility index (Phi) is 7.01. The monoisotopic (exact) mass is 510 g/mol. The average molecular weight is 511 g/mol. The first-order valence-corrected chi connectivity index (χ1v) is 13.7. The van der Waals surface area contributed by atoms with E-state index in [1.54, 1.807) is 0 Å². The zero-order valence-corrected chi connectivity index (χ0v) is 21.9. The summed E-state index contributed by atoms with van der Waals surface area (Å²) in [5, 5.41) is 0. The highest BCUT2D eigenvalue weighted by Crippen LogP contribution is 2.33. The second kappa shape index (κ2) is 10.9. The molecule has 7 heteroatoms. The van der Waals surface area contributed by atoms with E-state index >= 15 is 0 Å². The molecule has 196 valence electrons. The first-order valence-electron chi connectivity index (χ1n) is 13.7. The predicted octanol–water partition coefficient (Wildman–Crippen LogP) is 6.19. The number of benzene rings is 3. The minimum Gasteiger partial charge on any atom is -0.494 e. The van der Waals surface area contributed by atoms with Crippen molar-refractivity contribution >= 4 is 28.3 Å². The third kappa shape index (κ3) is 4.98. The van der Waals surface area contributed by atoms with Gasteiger partial charge in [0.15, 0.2) is 0 Å². The van der Waals surface area contributed by atoms with Gasteiger partial charge in [-0.3, -0.25) is 4.79 Å². The molecule has 0 saturated carbocycles. The number of fused-ring (bicyclic) bond motifs is 2. The summed E-state index contributed by atoms with van der Waals surface area (Å²) >= 11 is 0. The van der Waals surface area contributed by atoms with Gasteiger partial charge in [-0.15, -0.1) is 0 Å². The quantitative estimate of drug-likeness (QED) is 0.272. The number of ether oxygens (including phenoxy) is 2. The van der Waals surface area contributed by atoms with Gasteiger partial charge >= 0.3 is 0 Å². The van der Waals surface area contributed by atoms with Gasteiger partial charge in [0.25, 0.3) is 5.91 Å². The van der Waals surface area contributed by atoms with E-state index in [2.05, 4.69) is 28.9 Å². The van der Waals surface area contributed by atoms with Gasteiger partial charge < -0.3 is 24.3 Å². The number of H-pyrrole nitrogens is 1. The first-order chi connectivity index (χ1) is 18.7. The lowest BCUT2D eigenvalue weighted by Crippen LogP contribution is -2.36. The molecule has 1 aromatic heterocycles. The van der Waals surface area contributed by atoms with Crippen molar-refractivity contribution in [1.82, 2.24) is 9.97 Å². The van der Waals surface area contributed by atoms with Crippen LogP contribution in [0.1, 0.15) is 48.5 Å². The molecule has 1 amide bonds. The number of aromatic amines is 1. The molecule has 0 atom stereocenters. The minimum absolute atomic E-state index is 0.0360. The highest BCUT2D eigenvalue weighted by atomic mass is 16.5. The lowest BCUT2D eigenvalue weighted by molar-refractivity contribution is 0.0996. The fraction of sp³-hybridized carbons (Fsp3) is 0.355. The minimum atomic E-state index is 0.0360. The third-order valence-electron chi connectivity index (χ3n) is 7.44. The maximum Gasteiger partial charge on any atom is 0.258 e. The van der Waals surface area contributed by atoms with Crippen molar-refractivity contribution in [3.63, 3.8) is 0 Å². The van der Waals surface area contributed by atoms with Crippen molar-refractivity contribution in [1.29, 1.82) is 0 Å². The third-order valence-corrected chi connectivity index (χ3v) is 7.44. The van der Waals surface area contributed by atoms with Crippen molar-refractivity contribution < 1.29 is 14.3 Å². The number of nitrogens with zero attached hydrogens (tertiary/aromatic N) is 3. The maximum atomic E-state index is 13.3. The summed E-state index contributed by atoms with van der Waals surface area (Å²) < 4.78 is 11.4. The molecule has 3 heterocycles. The van der Waals surface area contributed by atoms with E-state index in [0.29, 0.717) is 6.54 Å². The number of anilines is 2. The summed E-state index contributed by atoms with van der Waals surface area (Å²) in [6, 6.07) is 20.2. The van der Waals surface area contributed by atoms with Crippen molar-refractivity contribution in [2.45, 2.75) is 39.2 Å². The van der Waals surface area contributed by atoms with E-state index in [1.165, 1.54) is 19.3 Å². The Bertz CT molecular complexity index is 1420. The number of amides is 1. The molecule has 6 rings (SSSR count). The summed E-state index contributed by atoms with van der Waals surface area (Å²) in [6.07, 6.45) is 4.78. The van der Waals surface area contributed by atoms with Gasteiger partial charge in [-0.25, -0.2) is 4.98 Å². The number of carbonyl (C=O) groups excluding carboxylic acids is 1. The Morgan fingerprint density at radius 2 is 1.76 bits per heavy atom. The second-order valence-corrected chi connectivity index (χ2v) is 10.1. The Hall–Kier alpha value is -3.84. The van der Waals surface area contributed by atoms with Gasteiger partial charge in [0.2, 0.25) is 0 Å².